The lowest BCUT2D eigenvalue weighted by molar-refractivity contribution is -0.140. The molecule has 0 radical (unpaired) electrons. The van der Waals surface area contributed by atoms with Crippen LogP contribution in [0.4, 0.5) is 4.79 Å². The Morgan fingerprint density at radius 2 is 1.77 bits per heavy atom. The Hall–Kier alpha value is -2.76. The summed E-state index contributed by atoms with van der Waals surface area (Å²) in [6, 6.07) is 14.3. The number of carbonyl (C=O) groups is 2. The largest absolute Gasteiger partial charge is 0.444 e. The average molecular weight is 410 g/mol. The van der Waals surface area contributed by atoms with E-state index < -0.39 is 5.60 Å². The zero-order valence-corrected chi connectivity index (χ0v) is 18.1. The van der Waals surface area contributed by atoms with Crippen LogP contribution in [0.5, 0.6) is 0 Å². The number of ether oxygens (including phenoxy) is 1. The molecule has 2 aromatic rings. The molecule has 0 aliphatic carbocycles. The Kier molecular flexibility index (Phi) is 5.58. The average Bonchev–Trinajstić information content (AvgIpc) is 3.21. The van der Waals surface area contributed by atoms with E-state index in [1.54, 1.807) is 4.90 Å². The molecule has 0 bridgehead atoms. The Morgan fingerprint density at radius 3 is 2.50 bits per heavy atom. The predicted octanol–water partition coefficient (Wildman–Crippen LogP) is 4.07. The molecule has 3 heterocycles. The molecule has 6 heteroatoms. The standard InChI is InChI=1S/C24H31N3O3/c1-24(2,3)30-23(29)26-14-7-11-19(17-26)22(28)27-16-15-25-13-8-12-20(25)21(27)18-9-5-4-6-10-18/h4-6,8-10,12-13,19,21H,7,11,14-17H2,1-3H3/t19-,21-/m0/s1. The number of rotatable bonds is 2. The van der Waals surface area contributed by atoms with Crippen molar-refractivity contribution in [1.29, 1.82) is 0 Å². The van der Waals surface area contributed by atoms with Crippen molar-refractivity contribution >= 4 is 12.0 Å². The maximum Gasteiger partial charge on any atom is 0.410 e. The SMILES string of the molecule is CC(C)(C)OC(=O)N1CCC[C@H](C(=O)N2CCn3cccc3[C@@H]2c2ccccc2)C1. The van der Waals surface area contributed by atoms with Gasteiger partial charge in [0, 0.05) is 38.1 Å². The highest BCUT2D eigenvalue weighted by Gasteiger charge is 2.38. The van der Waals surface area contributed by atoms with Crippen LogP contribution in [0.25, 0.3) is 0 Å². The fraction of sp³-hybridized carbons (Fsp3) is 0.500. The number of hydrogen-bond acceptors (Lipinski definition) is 3. The van der Waals surface area contributed by atoms with Gasteiger partial charge in [-0.25, -0.2) is 4.79 Å². The monoisotopic (exact) mass is 409 g/mol. The van der Waals surface area contributed by atoms with Crippen LogP contribution < -0.4 is 0 Å². The third-order valence-corrected chi connectivity index (χ3v) is 5.86. The predicted molar refractivity (Wildman–Crippen MR) is 115 cm³/mol. The van der Waals surface area contributed by atoms with Crippen LogP contribution in [0.15, 0.2) is 48.7 Å². The molecule has 2 atom stereocenters. The first-order valence-electron chi connectivity index (χ1n) is 10.8. The number of aromatic nitrogens is 1. The van der Waals surface area contributed by atoms with Gasteiger partial charge in [-0.1, -0.05) is 30.3 Å². The highest BCUT2D eigenvalue weighted by molar-refractivity contribution is 5.81. The van der Waals surface area contributed by atoms with Gasteiger partial charge in [0.2, 0.25) is 5.91 Å². The summed E-state index contributed by atoms with van der Waals surface area (Å²) < 4.78 is 7.77. The zero-order valence-electron chi connectivity index (χ0n) is 18.1. The van der Waals surface area contributed by atoms with Gasteiger partial charge in [0.1, 0.15) is 5.60 Å². The van der Waals surface area contributed by atoms with Crippen LogP contribution in [0, 0.1) is 5.92 Å². The van der Waals surface area contributed by atoms with E-state index in [2.05, 4.69) is 29.0 Å². The summed E-state index contributed by atoms with van der Waals surface area (Å²) >= 11 is 0. The van der Waals surface area contributed by atoms with E-state index in [0.717, 1.165) is 30.6 Å². The molecule has 1 aromatic carbocycles. The third kappa shape index (κ3) is 4.23. The number of amides is 2. The first kappa shape index (κ1) is 20.5. The molecular weight excluding hydrogens is 378 g/mol. The molecule has 6 nitrogen and oxygen atoms in total. The van der Waals surface area contributed by atoms with Crippen LogP contribution in [0.3, 0.4) is 0 Å². The first-order chi connectivity index (χ1) is 14.3. The molecule has 0 spiro atoms. The maximum absolute atomic E-state index is 13.7. The summed E-state index contributed by atoms with van der Waals surface area (Å²) in [6.45, 7) is 8.12. The van der Waals surface area contributed by atoms with Crippen molar-refractivity contribution in [2.24, 2.45) is 5.92 Å². The van der Waals surface area contributed by atoms with Crippen LogP contribution >= 0.6 is 0 Å². The van der Waals surface area contributed by atoms with E-state index in [0.29, 0.717) is 19.6 Å². The summed E-state index contributed by atoms with van der Waals surface area (Å²) in [6.07, 6.45) is 3.37. The third-order valence-electron chi connectivity index (χ3n) is 5.86. The second-order valence-corrected chi connectivity index (χ2v) is 9.24. The van der Waals surface area contributed by atoms with Crippen LogP contribution in [-0.2, 0) is 16.1 Å². The van der Waals surface area contributed by atoms with Gasteiger partial charge in [0.05, 0.1) is 12.0 Å². The molecule has 2 aliphatic heterocycles. The van der Waals surface area contributed by atoms with Gasteiger partial charge in [-0.05, 0) is 51.3 Å². The van der Waals surface area contributed by atoms with Gasteiger partial charge >= 0.3 is 6.09 Å². The fourth-order valence-corrected chi connectivity index (χ4v) is 4.51. The Morgan fingerprint density at radius 1 is 1.00 bits per heavy atom. The summed E-state index contributed by atoms with van der Waals surface area (Å²) in [7, 11) is 0. The quantitative estimate of drug-likeness (QED) is 0.751. The summed E-state index contributed by atoms with van der Waals surface area (Å²) in [5, 5.41) is 0. The van der Waals surface area contributed by atoms with Crippen molar-refractivity contribution in [2.45, 2.75) is 51.8 Å². The fourth-order valence-electron chi connectivity index (χ4n) is 4.51. The number of fused-ring (bicyclic) bond motifs is 1. The van der Waals surface area contributed by atoms with Crippen molar-refractivity contribution < 1.29 is 14.3 Å². The molecule has 4 rings (SSSR count). The van der Waals surface area contributed by atoms with E-state index in [4.69, 9.17) is 4.74 Å². The van der Waals surface area contributed by atoms with Gasteiger partial charge in [0.15, 0.2) is 0 Å². The van der Waals surface area contributed by atoms with Crippen molar-refractivity contribution in [1.82, 2.24) is 14.4 Å². The molecule has 0 saturated carbocycles. The van der Waals surface area contributed by atoms with E-state index in [1.165, 1.54) is 0 Å². The zero-order chi connectivity index (χ0) is 21.3. The lowest BCUT2D eigenvalue weighted by atomic mass is 9.93. The highest BCUT2D eigenvalue weighted by Crippen LogP contribution is 2.34. The summed E-state index contributed by atoms with van der Waals surface area (Å²) in [4.78, 5) is 29.9. The van der Waals surface area contributed by atoms with Gasteiger partial charge in [-0.15, -0.1) is 0 Å². The van der Waals surface area contributed by atoms with Crippen molar-refractivity contribution in [3.05, 3.63) is 59.9 Å². The Bertz CT molecular complexity index is 900. The second-order valence-electron chi connectivity index (χ2n) is 9.24. The first-order valence-corrected chi connectivity index (χ1v) is 10.8. The van der Waals surface area contributed by atoms with Crippen molar-refractivity contribution in [2.75, 3.05) is 19.6 Å². The van der Waals surface area contributed by atoms with Gasteiger partial charge in [-0.3, -0.25) is 4.79 Å². The number of nitrogens with zero attached hydrogens (tertiary/aromatic N) is 3. The van der Waals surface area contributed by atoms with Gasteiger partial charge in [-0.2, -0.15) is 0 Å². The topological polar surface area (TPSA) is 54.8 Å². The molecule has 1 saturated heterocycles. The lowest BCUT2D eigenvalue weighted by Gasteiger charge is -2.41. The molecular formula is C24H31N3O3. The molecule has 160 valence electrons. The maximum atomic E-state index is 13.7. The van der Waals surface area contributed by atoms with Gasteiger partial charge < -0.3 is 19.1 Å². The summed E-state index contributed by atoms with van der Waals surface area (Å²) in [5.41, 5.74) is 1.72. The smallest absolute Gasteiger partial charge is 0.410 e. The molecule has 1 fully saturated rings. The van der Waals surface area contributed by atoms with E-state index in [-0.39, 0.29) is 24.0 Å². The van der Waals surface area contributed by atoms with Gasteiger partial charge in [0.25, 0.3) is 0 Å². The molecule has 0 N–H and O–H groups in total. The van der Waals surface area contributed by atoms with Crippen molar-refractivity contribution in [3.63, 3.8) is 0 Å². The minimum Gasteiger partial charge on any atom is -0.444 e. The Balaban J connectivity index is 1.55. The number of benzene rings is 1. The van der Waals surface area contributed by atoms with Crippen LogP contribution in [0.2, 0.25) is 0 Å². The number of hydrogen-bond donors (Lipinski definition) is 0. The second kappa shape index (κ2) is 8.17. The van der Waals surface area contributed by atoms with E-state index >= 15 is 0 Å². The van der Waals surface area contributed by atoms with E-state index in [9.17, 15) is 9.59 Å². The highest BCUT2D eigenvalue weighted by atomic mass is 16.6. The van der Waals surface area contributed by atoms with E-state index in [1.807, 2.05) is 49.9 Å². The number of piperidine rings is 1. The lowest BCUT2D eigenvalue weighted by Crippen LogP contribution is -2.50. The molecule has 2 amide bonds. The van der Waals surface area contributed by atoms with Crippen LogP contribution in [0.1, 0.15) is 50.9 Å². The van der Waals surface area contributed by atoms with Crippen LogP contribution in [-0.4, -0.2) is 51.6 Å². The molecule has 0 unspecified atom stereocenters. The molecule has 1 aromatic heterocycles. The minimum absolute atomic E-state index is 0.0978. The normalized spacial score (nSPS) is 21.8. The molecule has 2 aliphatic rings. The number of likely N-dealkylation sites (tertiary alicyclic amines) is 1. The summed E-state index contributed by atoms with van der Waals surface area (Å²) in [5.74, 6) is -0.0662. The number of carbonyl (C=O) groups excluding carboxylic acids is 2. The minimum atomic E-state index is -0.537. The molecule has 30 heavy (non-hydrogen) atoms. The van der Waals surface area contributed by atoms with Crippen molar-refractivity contribution in [3.8, 4) is 0 Å². The Labute approximate surface area is 178 Å².